The molecule has 0 saturated carbocycles. The van der Waals surface area contributed by atoms with E-state index in [9.17, 15) is 0 Å². The van der Waals surface area contributed by atoms with Crippen molar-refractivity contribution in [2.24, 2.45) is 5.92 Å². The topological polar surface area (TPSA) is 62.5 Å². The van der Waals surface area contributed by atoms with E-state index in [0.717, 1.165) is 5.65 Å². The Labute approximate surface area is 87.8 Å². The van der Waals surface area contributed by atoms with Crippen molar-refractivity contribution in [1.82, 2.24) is 14.6 Å². The predicted molar refractivity (Wildman–Crippen MR) is 57.7 cm³/mol. The minimum absolute atomic E-state index is 0.167. The van der Waals surface area contributed by atoms with Crippen molar-refractivity contribution in [3.8, 4) is 0 Å². The summed E-state index contributed by atoms with van der Waals surface area (Å²) < 4.78 is 1.71. The Bertz CT molecular complexity index is 407. The summed E-state index contributed by atoms with van der Waals surface area (Å²) in [5, 5.41) is 16.2. The van der Waals surface area contributed by atoms with Crippen molar-refractivity contribution in [1.29, 1.82) is 0 Å². The van der Waals surface area contributed by atoms with Crippen molar-refractivity contribution < 1.29 is 5.11 Å². The number of rotatable bonds is 4. The number of aliphatic hydroxyl groups is 1. The first-order valence-corrected chi connectivity index (χ1v) is 4.95. The Morgan fingerprint density at radius 3 is 3.13 bits per heavy atom. The van der Waals surface area contributed by atoms with Crippen LogP contribution >= 0.6 is 0 Å². The van der Waals surface area contributed by atoms with Crippen LogP contribution in [0.4, 0.5) is 5.95 Å². The van der Waals surface area contributed by atoms with Gasteiger partial charge in [0, 0.05) is 19.3 Å². The number of hydrogen-bond acceptors (Lipinski definition) is 4. The molecular weight excluding hydrogens is 192 g/mol. The highest BCUT2D eigenvalue weighted by molar-refractivity contribution is 5.42. The third-order valence-corrected chi connectivity index (χ3v) is 2.16. The molecule has 1 atom stereocenters. The van der Waals surface area contributed by atoms with Gasteiger partial charge in [0.1, 0.15) is 0 Å². The number of pyridine rings is 1. The van der Waals surface area contributed by atoms with Gasteiger partial charge in [-0.2, -0.15) is 4.98 Å². The van der Waals surface area contributed by atoms with Crippen molar-refractivity contribution in [2.75, 3.05) is 18.5 Å². The van der Waals surface area contributed by atoms with E-state index in [-0.39, 0.29) is 12.5 Å². The largest absolute Gasteiger partial charge is 0.396 e. The van der Waals surface area contributed by atoms with Crippen LogP contribution in [0.15, 0.2) is 24.4 Å². The van der Waals surface area contributed by atoms with Gasteiger partial charge in [-0.25, -0.2) is 4.52 Å². The fourth-order valence-electron chi connectivity index (χ4n) is 1.24. The summed E-state index contributed by atoms with van der Waals surface area (Å²) in [4.78, 5) is 4.28. The highest BCUT2D eigenvalue weighted by Crippen LogP contribution is 2.05. The van der Waals surface area contributed by atoms with Crippen LogP contribution in [-0.2, 0) is 0 Å². The van der Waals surface area contributed by atoms with Gasteiger partial charge >= 0.3 is 0 Å². The van der Waals surface area contributed by atoms with Crippen LogP contribution in [0.1, 0.15) is 6.92 Å². The summed E-state index contributed by atoms with van der Waals surface area (Å²) in [5.74, 6) is 0.804. The van der Waals surface area contributed by atoms with Gasteiger partial charge in [0.25, 0.3) is 0 Å². The van der Waals surface area contributed by atoms with E-state index in [1.165, 1.54) is 0 Å². The van der Waals surface area contributed by atoms with E-state index in [2.05, 4.69) is 15.4 Å². The number of aromatic nitrogens is 3. The molecule has 2 aromatic heterocycles. The standard InChI is InChI=1S/C10H14N4O/c1-8(7-15)6-11-10-12-9-4-2-3-5-14(9)13-10/h2-5,8,15H,6-7H2,1H3,(H,11,13). The monoisotopic (exact) mass is 206 g/mol. The highest BCUT2D eigenvalue weighted by atomic mass is 16.3. The van der Waals surface area contributed by atoms with E-state index in [1.54, 1.807) is 4.52 Å². The minimum Gasteiger partial charge on any atom is -0.396 e. The van der Waals surface area contributed by atoms with Crippen molar-refractivity contribution in [3.63, 3.8) is 0 Å². The van der Waals surface area contributed by atoms with Crippen LogP contribution in [0, 0.1) is 5.92 Å². The molecule has 0 amide bonds. The smallest absolute Gasteiger partial charge is 0.243 e. The second-order valence-corrected chi connectivity index (χ2v) is 3.61. The van der Waals surface area contributed by atoms with Crippen LogP contribution in [0.5, 0.6) is 0 Å². The van der Waals surface area contributed by atoms with E-state index in [0.29, 0.717) is 12.5 Å². The molecule has 0 fully saturated rings. The van der Waals surface area contributed by atoms with Crippen LogP contribution in [0.25, 0.3) is 5.65 Å². The van der Waals surface area contributed by atoms with Crippen LogP contribution in [0.2, 0.25) is 0 Å². The zero-order chi connectivity index (χ0) is 10.7. The van der Waals surface area contributed by atoms with Gasteiger partial charge in [0.15, 0.2) is 5.65 Å². The maximum Gasteiger partial charge on any atom is 0.243 e. The lowest BCUT2D eigenvalue weighted by atomic mass is 10.2. The third kappa shape index (κ3) is 2.24. The molecule has 0 aliphatic heterocycles. The first-order chi connectivity index (χ1) is 7.29. The van der Waals surface area contributed by atoms with Gasteiger partial charge in [0.05, 0.1) is 0 Å². The molecule has 2 rings (SSSR count). The average molecular weight is 206 g/mol. The van der Waals surface area contributed by atoms with Gasteiger partial charge in [-0.15, -0.1) is 5.10 Å². The van der Waals surface area contributed by atoms with E-state index >= 15 is 0 Å². The molecule has 2 aromatic rings. The number of fused-ring (bicyclic) bond motifs is 1. The molecule has 15 heavy (non-hydrogen) atoms. The molecule has 0 aromatic carbocycles. The first-order valence-electron chi connectivity index (χ1n) is 4.95. The number of nitrogens with zero attached hydrogens (tertiary/aromatic N) is 3. The number of aliphatic hydroxyl groups excluding tert-OH is 1. The van der Waals surface area contributed by atoms with Gasteiger partial charge in [-0.05, 0) is 18.1 Å². The van der Waals surface area contributed by atoms with Gasteiger partial charge < -0.3 is 10.4 Å². The average Bonchev–Trinajstić information content (AvgIpc) is 2.68. The Morgan fingerprint density at radius 1 is 1.53 bits per heavy atom. The van der Waals surface area contributed by atoms with E-state index in [1.807, 2.05) is 31.3 Å². The first kappa shape index (κ1) is 9.92. The van der Waals surface area contributed by atoms with Crippen molar-refractivity contribution in [3.05, 3.63) is 24.4 Å². The fourth-order valence-corrected chi connectivity index (χ4v) is 1.24. The zero-order valence-electron chi connectivity index (χ0n) is 8.59. The number of nitrogens with one attached hydrogen (secondary N) is 1. The summed E-state index contributed by atoms with van der Waals surface area (Å²) in [6, 6.07) is 5.72. The quantitative estimate of drug-likeness (QED) is 0.775. The zero-order valence-corrected chi connectivity index (χ0v) is 8.59. The predicted octanol–water partition coefficient (Wildman–Crippen LogP) is 0.770. The molecule has 0 radical (unpaired) electrons. The minimum atomic E-state index is 0.167. The van der Waals surface area contributed by atoms with Crippen LogP contribution < -0.4 is 5.32 Å². The Balaban J connectivity index is 2.09. The highest BCUT2D eigenvalue weighted by Gasteiger charge is 2.04. The lowest BCUT2D eigenvalue weighted by molar-refractivity contribution is 0.244. The molecule has 0 spiro atoms. The molecular formula is C10H14N4O. The second kappa shape index (κ2) is 4.27. The molecule has 2 heterocycles. The van der Waals surface area contributed by atoms with E-state index < -0.39 is 0 Å². The molecule has 80 valence electrons. The fraction of sp³-hybridized carbons (Fsp3) is 0.400. The molecule has 5 heteroatoms. The maximum atomic E-state index is 8.87. The number of anilines is 1. The Hall–Kier alpha value is -1.62. The van der Waals surface area contributed by atoms with Gasteiger partial charge in [0.2, 0.25) is 5.95 Å². The van der Waals surface area contributed by atoms with Crippen LogP contribution in [0.3, 0.4) is 0 Å². The van der Waals surface area contributed by atoms with E-state index in [4.69, 9.17) is 5.11 Å². The summed E-state index contributed by atoms with van der Waals surface area (Å²) in [7, 11) is 0. The third-order valence-electron chi connectivity index (χ3n) is 2.16. The normalized spacial score (nSPS) is 12.9. The second-order valence-electron chi connectivity index (χ2n) is 3.61. The summed E-state index contributed by atoms with van der Waals surface area (Å²) in [5.41, 5.74) is 0.816. The molecule has 0 saturated heterocycles. The summed E-state index contributed by atoms with van der Waals surface area (Å²) in [6.45, 7) is 2.80. The number of hydrogen-bond donors (Lipinski definition) is 2. The van der Waals surface area contributed by atoms with Crippen molar-refractivity contribution >= 4 is 11.6 Å². The molecule has 0 aliphatic carbocycles. The molecule has 5 nitrogen and oxygen atoms in total. The SMILES string of the molecule is CC(CO)CNc1nc2ccccn2n1. The summed E-state index contributed by atoms with van der Waals surface area (Å²) in [6.07, 6.45) is 1.85. The molecule has 2 N–H and O–H groups in total. The maximum absolute atomic E-state index is 8.87. The molecule has 1 unspecified atom stereocenters. The van der Waals surface area contributed by atoms with Crippen LogP contribution in [-0.4, -0.2) is 32.9 Å². The summed E-state index contributed by atoms with van der Waals surface area (Å²) >= 11 is 0. The lowest BCUT2D eigenvalue weighted by Crippen LogP contribution is -2.15. The Kier molecular flexibility index (Phi) is 2.82. The van der Waals surface area contributed by atoms with Gasteiger partial charge in [-0.1, -0.05) is 13.0 Å². The van der Waals surface area contributed by atoms with Gasteiger partial charge in [-0.3, -0.25) is 0 Å². The molecule has 0 bridgehead atoms. The molecule has 0 aliphatic rings. The Morgan fingerprint density at radius 2 is 2.40 bits per heavy atom. The van der Waals surface area contributed by atoms with Crippen molar-refractivity contribution in [2.45, 2.75) is 6.92 Å². The lowest BCUT2D eigenvalue weighted by Gasteiger charge is -2.06.